The van der Waals surface area contributed by atoms with Crippen LogP contribution >= 0.6 is 0 Å². The average Bonchev–Trinajstić information content (AvgIpc) is 3.59. The SMILES string of the molecule is COC(=O)C(Cc1c[nH]c2ccccc12)NC(=O)C(Cc1c[nH]c2ccccc12)NC(=O)COc1ccccc1. The van der Waals surface area contributed by atoms with Gasteiger partial charge in [0.25, 0.3) is 5.91 Å². The lowest BCUT2D eigenvalue weighted by atomic mass is 10.0. The van der Waals surface area contributed by atoms with E-state index in [2.05, 4.69) is 20.6 Å². The summed E-state index contributed by atoms with van der Waals surface area (Å²) in [5, 5.41) is 7.50. The van der Waals surface area contributed by atoms with Crippen molar-refractivity contribution in [3.8, 4) is 5.75 Å². The number of H-pyrrole nitrogens is 2. The van der Waals surface area contributed by atoms with Crippen LogP contribution in [-0.2, 0) is 32.0 Å². The first-order valence-electron chi connectivity index (χ1n) is 13.0. The number of fused-ring (bicyclic) bond motifs is 2. The van der Waals surface area contributed by atoms with Crippen LogP contribution < -0.4 is 15.4 Å². The second-order valence-electron chi connectivity index (χ2n) is 9.43. The molecule has 3 aromatic carbocycles. The Morgan fingerprint density at radius 3 is 1.88 bits per heavy atom. The lowest BCUT2D eigenvalue weighted by molar-refractivity contribution is -0.145. The summed E-state index contributed by atoms with van der Waals surface area (Å²) in [6.45, 7) is -0.266. The maximum absolute atomic E-state index is 13.6. The second-order valence-corrected chi connectivity index (χ2v) is 9.43. The Morgan fingerprint density at radius 2 is 1.27 bits per heavy atom. The number of carbonyl (C=O) groups is 3. The fraction of sp³-hybridized carbons (Fsp3) is 0.194. The standard InChI is InChI=1S/C31H30N4O5/c1-39-31(38)28(16-21-18-33-26-14-8-6-12-24(21)26)35-30(37)27(15-20-17-32-25-13-7-5-11-23(20)25)34-29(36)19-40-22-9-3-2-4-10-22/h2-14,17-18,27-28,32-33H,15-16,19H2,1H3,(H,34,36)(H,35,37). The number of rotatable bonds is 11. The Morgan fingerprint density at radius 1 is 0.725 bits per heavy atom. The first kappa shape index (κ1) is 26.6. The molecular formula is C31H30N4O5. The molecule has 5 aromatic rings. The molecule has 4 N–H and O–H groups in total. The predicted molar refractivity (Wildman–Crippen MR) is 152 cm³/mol. The van der Waals surface area contributed by atoms with E-state index >= 15 is 0 Å². The van der Waals surface area contributed by atoms with E-state index in [1.165, 1.54) is 7.11 Å². The molecule has 2 aromatic heterocycles. The van der Waals surface area contributed by atoms with Crippen molar-refractivity contribution < 1.29 is 23.9 Å². The second kappa shape index (κ2) is 12.2. The molecule has 0 saturated carbocycles. The van der Waals surface area contributed by atoms with Crippen molar-refractivity contribution in [2.75, 3.05) is 13.7 Å². The zero-order valence-electron chi connectivity index (χ0n) is 22.0. The normalized spacial score (nSPS) is 12.5. The highest BCUT2D eigenvalue weighted by molar-refractivity contribution is 5.93. The van der Waals surface area contributed by atoms with Crippen LogP contribution in [0.15, 0.2) is 91.3 Å². The minimum absolute atomic E-state index is 0.202. The number of para-hydroxylation sites is 3. The number of ether oxygens (including phenoxy) is 2. The molecule has 0 aliphatic rings. The fourth-order valence-electron chi connectivity index (χ4n) is 4.76. The first-order valence-corrected chi connectivity index (χ1v) is 13.0. The van der Waals surface area contributed by atoms with Gasteiger partial charge in [0.1, 0.15) is 17.8 Å². The molecule has 0 aliphatic heterocycles. The van der Waals surface area contributed by atoms with Crippen LogP contribution in [0.1, 0.15) is 11.1 Å². The number of methoxy groups -OCH3 is 1. The first-order chi connectivity index (χ1) is 19.5. The van der Waals surface area contributed by atoms with Crippen LogP contribution in [0, 0.1) is 0 Å². The number of carbonyl (C=O) groups excluding carboxylic acids is 3. The zero-order valence-corrected chi connectivity index (χ0v) is 22.0. The Hall–Kier alpha value is -5.05. The summed E-state index contributed by atoms with van der Waals surface area (Å²) in [6, 6.07) is 22.5. The molecule has 0 saturated heterocycles. The molecule has 0 radical (unpaired) electrons. The number of amides is 2. The summed E-state index contributed by atoms with van der Waals surface area (Å²) < 4.78 is 10.6. The highest BCUT2D eigenvalue weighted by atomic mass is 16.5. The Balaban J connectivity index is 1.35. The van der Waals surface area contributed by atoms with Crippen molar-refractivity contribution in [2.45, 2.75) is 24.9 Å². The molecule has 2 amide bonds. The third-order valence-corrected chi connectivity index (χ3v) is 6.76. The van der Waals surface area contributed by atoms with Crippen molar-refractivity contribution in [1.29, 1.82) is 0 Å². The predicted octanol–water partition coefficient (Wildman–Crippen LogP) is 3.66. The van der Waals surface area contributed by atoms with E-state index in [0.717, 1.165) is 32.9 Å². The Kier molecular flexibility index (Phi) is 8.10. The van der Waals surface area contributed by atoms with Gasteiger partial charge in [-0.3, -0.25) is 9.59 Å². The molecular weight excluding hydrogens is 508 g/mol. The van der Waals surface area contributed by atoms with Gasteiger partial charge in [-0.2, -0.15) is 0 Å². The molecule has 0 bridgehead atoms. The summed E-state index contributed by atoms with van der Waals surface area (Å²) in [4.78, 5) is 45.7. The molecule has 204 valence electrons. The number of nitrogens with one attached hydrogen (secondary N) is 4. The number of benzene rings is 3. The maximum atomic E-state index is 13.6. The van der Waals surface area contributed by atoms with Crippen LogP contribution in [0.25, 0.3) is 21.8 Å². The van der Waals surface area contributed by atoms with Gasteiger partial charge in [0, 0.05) is 47.0 Å². The molecule has 2 unspecified atom stereocenters. The minimum Gasteiger partial charge on any atom is -0.484 e. The van der Waals surface area contributed by atoms with E-state index in [0.29, 0.717) is 5.75 Å². The van der Waals surface area contributed by atoms with Crippen LogP contribution in [0.4, 0.5) is 0 Å². The third-order valence-electron chi connectivity index (χ3n) is 6.76. The van der Waals surface area contributed by atoms with Gasteiger partial charge in [0.15, 0.2) is 6.61 Å². The highest BCUT2D eigenvalue weighted by Crippen LogP contribution is 2.21. The summed E-state index contributed by atoms with van der Waals surface area (Å²) in [7, 11) is 1.28. The maximum Gasteiger partial charge on any atom is 0.328 e. The average molecular weight is 539 g/mol. The van der Waals surface area contributed by atoms with Gasteiger partial charge in [-0.25, -0.2) is 4.79 Å². The van der Waals surface area contributed by atoms with Gasteiger partial charge < -0.3 is 30.1 Å². The zero-order chi connectivity index (χ0) is 27.9. The molecule has 0 aliphatic carbocycles. The lowest BCUT2D eigenvalue weighted by Gasteiger charge is -2.22. The van der Waals surface area contributed by atoms with Crippen molar-refractivity contribution in [3.63, 3.8) is 0 Å². The van der Waals surface area contributed by atoms with Crippen LogP contribution in [0.3, 0.4) is 0 Å². The van der Waals surface area contributed by atoms with E-state index in [4.69, 9.17) is 9.47 Å². The van der Waals surface area contributed by atoms with Crippen molar-refractivity contribution in [3.05, 3.63) is 102 Å². The number of hydrogen-bond acceptors (Lipinski definition) is 5. The summed E-state index contributed by atoms with van der Waals surface area (Å²) in [5.74, 6) is -1.01. The number of hydrogen-bond donors (Lipinski definition) is 4. The lowest BCUT2D eigenvalue weighted by Crippen LogP contribution is -2.54. The van der Waals surface area contributed by atoms with Gasteiger partial charge in [0.2, 0.25) is 5.91 Å². The molecule has 2 atom stereocenters. The molecule has 9 heteroatoms. The minimum atomic E-state index is -0.971. The number of esters is 1. The number of aromatic nitrogens is 2. The number of aromatic amines is 2. The summed E-state index contributed by atoms with van der Waals surface area (Å²) in [5.41, 5.74) is 3.56. The molecule has 40 heavy (non-hydrogen) atoms. The van der Waals surface area contributed by atoms with Crippen molar-refractivity contribution >= 4 is 39.6 Å². The van der Waals surface area contributed by atoms with Gasteiger partial charge in [-0.15, -0.1) is 0 Å². The van der Waals surface area contributed by atoms with Gasteiger partial charge in [-0.1, -0.05) is 54.6 Å². The van der Waals surface area contributed by atoms with E-state index in [1.807, 2.05) is 67.0 Å². The summed E-state index contributed by atoms with van der Waals surface area (Å²) >= 11 is 0. The Labute approximate surface area is 230 Å². The Bertz CT molecular complexity index is 1620. The molecule has 0 fully saturated rings. The summed E-state index contributed by atoms with van der Waals surface area (Å²) in [6.07, 6.45) is 4.06. The quantitative estimate of drug-likeness (QED) is 0.191. The van der Waals surface area contributed by atoms with Crippen LogP contribution in [0.2, 0.25) is 0 Å². The van der Waals surface area contributed by atoms with E-state index in [9.17, 15) is 14.4 Å². The molecule has 2 heterocycles. The van der Waals surface area contributed by atoms with E-state index in [1.54, 1.807) is 24.3 Å². The highest BCUT2D eigenvalue weighted by Gasteiger charge is 2.29. The largest absolute Gasteiger partial charge is 0.484 e. The third kappa shape index (κ3) is 6.15. The van der Waals surface area contributed by atoms with Crippen LogP contribution in [-0.4, -0.2) is 53.6 Å². The molecule has 0 spiro atoms. The molecule has 5 rings (SSSR count). The smallest absolute Gasteiger partial charge is 0.328 e. The monoisotopic (exact) mass is 538 g/mol. The van der Waals surface area contributed by atoms with E-state index < -0.39 is 29.9 Å². The van der Waals surface area contributed by atoms with Gasteiger partial charge in [-0.05, 0) is 35.4 Å². The van der Waals surface area contributed by atoms with Crippen molar-refractivity contribution in [1.82, 2.24) is 20.6 Å². The van der Waals surface area contributed by atoms with Crippen LogP contribution in [0.5, 0.6) is 5.75 Å². The van der Waals surface area contributed by atoms with Crippen molar-refractivity contribution in [2.24, 2.45) is 0 Å². The van der Waals surface area contributed by atoms with E-state index in [-0.39, 0.29) is 19.4 Å². The molecule has 9 nitrogen and oxygen atoms in total. The topological polar surface area (TPSA) is 125 Å². The van der Waals surface area contributed by atoms with Gasteiger partial charge >= 0.3 is 5.97 Å². The fourth-order valence-corrected chi connectivity index (χ4v) is 4.76. The van der Waals surface area contributed by atoms with Gasteiger partial charge in [0.05, 0.1) is 7.11 Å².